The number of nitrogens with one attached hydrogen (secondary N) is 1. The molecule has 1 aromatic carbocycles. The van der Waals surface area contributed by atoms with Crippen molar-refractivity contribution in [2.24, 2.45) is 0 Å². The fraction of sp³-hybridized carbons (Fsp3) is 0.222. The van der Waals surface area contributed by atoms with Crippen molar-refractivity contribution in [3.8, 4) is 6.07 Å². The summed E-state index contributed by atoms with van der Waals surface area (Å²) in [4.78, 5) is 0. The van der Waals surface area contributed by atoms with E-state index in [0.717, 1.165) is 4.31 Å². The molecule has 0 unspecified atom stereocenters. The van der Waals surface area contributed by atoms with Gasteiger partial charge in [0.15, 0.2) is 0 Å². The monoisotopic (exact) mass is 303 g/mol. The van der Waals surface area contributed by atoms with Gasteiger partial charge < -0.3 is 0 Å². The van der Waals surface area contributed by atoms with Crippen LogP contribution in [0.25, 0.3) is 0 Å². The van der Waals surface area contributed by atoms with Crippen LogP contribution in [0.2, 0.25) is 0 Å². The van der Waals surface area contributed by atoms with Gasteiger partial charge in [0.2, 0.25) is 0 Å². The first kappa shape index (κ1) is 13.0. The second kappa shape index (κ2) is 4.82. The first-order valence-corrected chi connectivity index (χ1v) is 6.50. The summed E-state index contributed by atoms with van der Waals surface area (Å²) in [7, 11) is -0.771. The lowest BCUT2D eigenvalue weighted by atomic mass is 10.2. The zero-order chi connectivity index (χ0) is 12.3. The maximum absolute atomic E-state index is 11.6. The fourth-order valence-electron chi connectivity index (χ4n) is 0.929. The van der Waals surface area contributed by atoms with E-state index in [2.05, 4.69) is 20.7 Å². The van der Waals surface area contributed by atoms with Crippen molar-refractivity contribution >= 4 is 31.8 Å². The van der Waals surface area contributed by atoms with Crippen molar-refractivity contribution in [2.75, 3.05) is 18.8 Å². The Kier molecular flexibility index (Phi) is 3.91. The van der Waals surface area contributed by atoms with Crippen LogP contribution >= 0.6 is 15.9 Å². The number of anilines is 1. The van der Waals surface area contributed by atoms with Gasteiger partial charge in [-0.25, -0.2) is 0 Å². The van der Waals surface area contributed by atoms with Crippen LogP contribution in [0.15, 0.2) is 22.7 Å². The normalized spacial score (nSPS) is 11.2. The highest BCUT2D eigenvalue weighted by Gasteiger charge is 2.15. The smallest absolute Gasteiger partial charge is 0.270 e. The Morgan fingerprint density at radius 1 is 1.44 bits per heavy atom. The van der Waals surface area contributed by atoms with Crippen LogP contribution in [-0.2, 0) is 10.2 Å². The van der Waals surface area contributed by atoms with Crippen molar-refractivity contribution in [2.45, 2.75) is 0 Å². The molecule has 0 heterocycles. The van der Waals surface area contributed by atoms with Gasteiger partial charge in [0.25, 0.3) is 0 Å². The summed E-state index contributed by atoms with van der Waals surface area (Å²) in [5.41, 5.74) is 0.527. The van der Waals surface area contributed by atoms with Crippen molar-refractivity contribution in [3.05, 3.63) is 28.2 Å². The molecule has 0 fully saturated rings. The number of hydrogen-bond donors (Lipinski definition) is 1. The quantitative estimate of drug-likeness (QED) is 0.920. The minimum absolute atomic E-state index is 0.255. The molecule has 0 saturated carbocycles. The zero-order valence-electron chi connectivity index (χ0n) is 8.73. The molecule has 1 rings (SSSR count). The topological polar surface area (TPSA) is 73.2 Å². The average Bonchev–Trinajstić information content (AvgIpc) is 2.17. The first-order valence-electron chi connectivity index (χ1n) is 4.27. The maximum Gasteiger partial charge on any atom is 0.301 e. The van der Waals surface area contributed by atoms with E-state index in [1.54, 1.807) is 12.1 Å². The van der Waals surface area contributed by atoms with Crippen LogP contribution in [0.5, 0.6) is 0 Å². The van der Waals surface area contributed by atoms with Gasteiger partial charge in [-0.1, -0.05) is 15.9 Å². The number of nitrogens with zero attached hydrogens (tertiary/aromatic N) is 2. The molecule has 7 heteroatoms. The molecular weight excluding hydrogens is 294 g/mol. The van der Waals surface area contributed by atoms with E-state index in [0.29, 0.717) is 4.47 Å². The van der Waals surface area contributed by atoms with Gasteiger partial charge in [0.1, 0.15) is 6.07 Å². The van der Waals surface area contributed by atoms with Gasteiger partial charge in [0, 0.05) is 18.6 Å². The number of halogens is 1. The third kappa shape index (κ3) is 2.95. The van der Waals surface area contributed by atoms with E-state index in [1.165, 1.54) is 20.2 Å². The van der Waals surface area contributed by atoms with E-state index in [4.69, 9.17) is 5.26 Å². The average molecular weight is 304 g/mol. The maximum atomic E-state index is 11.6. The van der Waals surface area contributed by atoms with Crippen LogP contribution in [0.1, 0.15) is 5.56 Å². The van der Waals surface area contributed by atoms with Gasteiger partial charge in [-0.05, 0) is 18.2 Å². The van der Waals surface area contributed by atoms with Gasteiger partial charge in [-0.15, -0.1) is 0 Å². The largest absolute Gasteiger partial charge is 0.301 e. The molecule has 0 atom stereocenters. The molecule has 1 aromatic rings. The third-order valence-corrected chi connectivity index (χ3v) is 3.75. The van der Waals surface area contributed by atoms with E-state index in [-0.39, 0.29) is 11.3 Å². The first-order chi connectivity index (χ1) is 7.36. The second-order valence-electron chi connectivity index (χ2n) is 3.19. The zero-order valence-corrected chi connectivity index (χ0v) is 11.1. The van der Waals surface area contributed by atoms with E-state index >= 15 is 0 Å². The molecule has 0 aromatic heterocycles. The van der Waals surface area contributed by atoms with Crippen molar-refractivity contribution < 1.29 is 8.42 Å². The Balaban J connectivity index is 3.16. The molecule has 16 heavy (non-hydrogen) atoms. The summed E-state index contributed by atoms with van der Waals surface area (Å²) in [6.45, 7) is 0. The predicted octanol–water partition coefficient (Wildman–Crippen LogP) is 1.54. The standard InChI is InChI=1S/C9H10BrN3O2S/c1-13(2)16(14,15)12-9-5-8(10)4-3-7(9)6-11/h3-5,12H,1-2H3. The summed E-state index contributed by atoms with van der Waals surface area (Å²) in [6, 6.07) is 6.67. The lowest BCUT2D eigenvalue weighted by Gasteiger charge is -2.14. The Morgan fingerprint density at radius 3 is 2.56 bits per heavy atom. The van der Waals surface area contributed by atoms with Gasteiger partial charge in [0.05, 0.1) is 11.3 Å². The highest BCUT2D eigenvalue weighted by Crippen LogP contribution is 2.22. The second-order valence-corrected chi connectivity index (χ2v) is 5.99. The van der Waals surface area contributed by atoms with E-state index < -0.39 is 10.2 Å². The molecule has 0 amide bonds. The molecule has 0 saturated heterocycles. The molecule has 0 aliphatic carbocycles. The number of hydrogen-bond acceptors (Lipinski definition) is 3. The molecule has 5 nitrogen and oxygen atoms in total. The minimum atomic E-state index is -3.59. The lowest BCUT2D eigenvalue weighted by molar-refractivity contribution is 0.527. The summed E-state index contributed by atoms with van der Waals surface area (Å²) in [5.74, 6) is 0. The van der Waals surface area contributed by atoms with Crippen molar-refractivity contribution in [1.82, 2.24) is 4.31 Å². The highest BCUT2D eigenvalue weighted by atomic mass is 79.9. The fourth-order valence-corrected chi connectivity index (χ4v) is 1.92. The van der Waals surface area contributed by atoms with Gasteiger partial charge in [-0.3, -0.25) is 4.72 Å². The van der Waals surface area contributed by atoms with Crippen LogP contribution in [-0.4, -0.2) is 26.8 Å². The Hall–Kier alpha value is -1.10. The number of nitriles is 1. The lowest BCUT2D eigenvalue weighted by Crippen LogP contribution is -2.29. The molecule has 0 radical (unpaired) electrons. The third-order valence-electron chi connectivity index (χ3n) is 1.82. The van der Waals surface area contributed by atoms with Crippen LogP contribution < -0.4 is 4.72 Å². The van der Waals surface area contributed by atoms with Crippen molar-refractivity contribution in [1.29, 1.82) is 5.26 Å². The number of benzene rings is 1. The van der Waals surface area contributed by atoms with Gasteiger partial charge in [-0.2, -0.15) is 18.0 Å². The Bertz CT molecular complexity index is 534. The summed E-state index contributed by atoms with van der Waals surface area (Å²) < 4.78 is 27.2. The molecule has 0 spiro atoms. The SMILES string of the molecule is CN(C)S(=O)(=O)Nc1cc(Br)ccc1C#N. The van der Waals surface area contributed by atoms with Crippen LogP contribution in [0, 0.1) is 11.3 Å². The Labute approximate surface area is 103 Å². The molecule has 0 aliphatic heterocycles. The number of rotatable bonds is 3. The predicted molar refractivity (Wildman–Crippen MR) is 65.1 cm³/mol. The molecule has 0 aliphatic rings. The molecule has 1 N–H and O–H groups in total. The van der Waals surface area contributed by atoms with E-state index in [1.807, 2.05) is 6.07 Å². The Morgan fingerprint density at radius 2 is 2.06 bits per heavy atom. The molecule has 86 valence electrons. The van der Waals surface area contributed by atoms with Gasteiger partial charge >= 0.3 is 10.2 Å². The molecular formula is C9H10BrN3O2S. The minimum Gasteiger partial charge on any atom is -0.270 e. The summed E-state index contributed by atoms with van der Waals surface area (Å²) in [5, 5.41) is 8.83. The van der Waals surface area contributed by atoms with E-state index in [9.17, 15) is 8.42 Å². The van der Waals surface area contributed by atoms with Crippen molar-refractivity contribution in [3.63, 3.8) is 0 Å². The van der Waals surface area contributed by atoms with Crippen LogP contribution in [0.4, 0.5) is 5.69 Å². The van der Waals surface area contributed by atoms with Crippen LogP contribution in [0.3, 0.4) is 0 Å². The summed E-state index contributed by atoms with van der Waals surface area (Å²) >= 11 is 3.21. The summed E-state index contributed by atoms with van der Waals surface area (Å²) in [6.07, 6.45) is 0. The molecule has 0 bridgehead atoms. The highest BCUT2D eigenvalue weighted by molar-refractivity contribution is 9.10.